The van der Waals surface area contributed by atoms with Crippen LogP contribution in [0.15, 0.2) is 53.9 Å². The quantitative estimate of drug-likeness (QED) is 0.613. The zero-order chi connectivity index (χ0) is 21.6. The number of piperidine rings is 1. The lowest BCUT2D eigenvalue weighted by molar-refractivity contribution is -0.115. The maximum absolute atomic E-state index is 12.9. The van der Waals surface area contributed by atoms with Gasteiger partial charge in [-0.3, -0.25) is 9.59 Å². The molecule has 1 aliphatic heterocycles. The van der Waals surface area contributed by atoms with Gasteiger partial charge in [0.15, 0.2) is 0 Å². The van der Waals surface area contributed by atoms with Crippen molar-refractivity contribution < 1.29 is 14.3 Å². The molecule has 0 saturated carbocycles. The van der Waals surface area contributed by atoms with Gasteiger partial charge in [-0.05, 0) is 55.7 Å². The summed E-state index contributed by atoms with van der Waals surface area (Å²) in [6.07, 6.45) is 3.37. The Bertz CT molecular complexity index is 1060. The first-order valence-corrected chi connectivity index (χ1v) is 11.3. The van der Waals surface area contributed by atoms with Gasteiger partial charge in [0.1, 0.15) is 10.8 Å². The fraction of sp³-hybridized carbons (Fsp3) is 0.292. The third-order valence-corrected chi connectivity index (χ3v) is 6.25. The minimum Gasteiger partial charge on any atom is -0.497 e. The number of anilines is 1. The third-order valence-electron chi connectivity index (χ3n) is 5.31. The average Bonchev–Trinajstić information content (AvgIpc) is 3.28. The molecule has 2 aromatic carbocycles. The second kappa shape index (κ2) is 9.75. The number of methoxy groups -OCH3 is 1. The summed E-state index contributed by atoms with van der Waals surface area (Å²) in [5.41, 5.74) is 2.77. The van der Waals surface area contributed by atoms with Crippen LogP contribution in [0.3, 0.4) is 0 Å². The van der Waals surface area contributed by atoms with E-state index < -0.39 is 0 Å². The van der Waals surface area contributed by atoms with Crippen LogP contribution in [0.25, 0.3) is 10.6 Å². The summed E-state index contributed by atoms with van der Waals surface area (Å²) in [4.78, 5) is 32.1. The van der Waals surface area contributed by atoms with E-state index >= 15 is 0 Å². The highest BCUT2D eigenvalue weighted by Gasteiger charge is 2.21. The van der Waals surface area contributed by atoms with E-state index in [-0.39, 0.29) is 18.2 Å². The van der Waals surface area contributed by atoms with Crippen LogP contribution in [0.1, 0.15) is 35.3 Å². The van der Waals surface area contributed by atoms with Crippen molar-refractivity contribution in [1.29, 1.82) is 0 Å². The maximum atomic E-state index is 12.9. The van der Waals surface area contributed by atoms with E-state index in [1.165, 1.54) is 11.3 Å². The number of likely N-dealkylation sites (tertiary alicyclic amines) is 1. The first kappa shape index (κ1) is 21.1. The number of nitrogens with one attached hydrogen (secondary N) is 1. The second-order valence-corrected chi connectivity index (χ2v) is 8.35. The Morgan fingerprint density at radius 1 is 1.06 bits per heavy atom. The number of aromatic nitrogens is 1. The van der Waals surface area contributed by atoms with E-state index in [0.29, 0.717) is 16.9 Å². The number of benzene rings is 2. The number of carbonyl (C=O) groups is 2. The summed E-state index contributed by atoms with van der Waals surface area (Å²) in [6, 6.07) is 14.9. The van der Waals surface area contributed by atoms with E-state index in [1.54, 1.807) is 19.2 Å². The fourth-order valence-electron chi connectivity index (χ4n) is 3.66. The molecule has 2 amide bonds. The molecule has 4 rings (SSSR count). The van der Waals surface area contributed by atoms with Gasteiger partial charge < -0.3 is 15.0 Å². The molecule has 3 aromatic rings. The Kier molecular flexibility index (Phi) is 6.62. The highest BCUT2D eigenvalue weighted by Crippen LogP contribution is 2.26. The van der Waals surface area contributed by atoms with E-state index in [2.05, 4.69) is 10.3 Å². The molecule has 1 N–H and O–H groups in total. The lowest BCUT2D eigenvalue weighted by Gasteiger charge is -2.27. The van der Waals surface area contributed by atoms with Gasteiger partial charge in [-0.15, -0.1) is 11.3 Å². The minimum absolute atomic E-state index is 0.0222. The largest absolute Gasteiger partial charge is 0.497 e. The van der Waals surface area contributed by atoms with Gasteiger partial charge >= 0.3 is 0 Å². The normalized spacial score (nSPS) is 13.6. The van der Waals surface area contributed by atoms with Gasteiger partial charge in [-0.2, -0.15) is 0 Å². The van der Waals surface area contributed by atoms with Crippen molar-refractivity contribution >= 4 is 28.8 Å². The molecule has 0 radical (unpaired) electrons. The molecular formula is C24H25N3O3S. The molecule has 0 unspecified atom stereocenters. The lowest BCUT2D eigenvalue weighted by atomic mass is 10.1. The Hall–Kier alpha value is -3.19. The van der Waals surface area contributed by atoms with Gasteiger partial charge in [0.2, 0.25) is 5.91 Å². The summed E-state index contributed by atoms with van der Waals surface area (Å²) >= 11 is 1.50. The number of hydrogen-bond acceptors (Lipinski definition) is 5. The van der Waals surface area contributed by atoms with Gasteiger partial charge in [-0.1, -0.05) is 12.1 Å². The molecule has 1 fully saturated rings. The second-order valence-electron chi connectivity index (χ2n) is 7.50. The molecule has 1 aromatic heterocycles. The summed E-state index contributed by atoms with van der Waals surface area (Å²) in [5.74, 6) is 0.578. The molecule has 2 heterocycles. The first-order valence-electron chi connectivity index (χ1n) is 10.4. The van der Waals surface area contributed by atoms with E-state index in [9.17, 15) is 9.59 Å². The van der Waals surface area contributed by atoms with Crippen LogP contribution in [0.4, 0.5) is 5.69 Å². The van der Waals surface area contributed by atoms with Crippen LogP contribution >= 0.6 is 11.3 Å². The molecule has 31 heavy (non-hydrogen) atoms. The van der Waals surface area contributed by atoms with Crippen molar-refractivity contribution in [3.63, 3.8) is 0 Å². The van der Waals surface area contributed by atoms with E-state index in [1.807, 2.05) is 46.7 Å². The van der Waals surface area contributed by atoms with Gasteiger partial charge in [-0.25, -0.2) is 4.98 Å². The van der Waals surface area contributed by atoms with Gasteiger partial charge in [0.05, 0.1) is 30.5 Å². The predicted molar refractivity (Wildman–Crippen MR) is 123 cm³/mol. The van der Waals surface area contributed by atoms with Gasteiger partial charge in [0, 0.05) is 24.0 Å². The Morgan fingerprint density at radius 2 is 1.81 bits per heavy atom. The Morgan fingerprint density at radius 3 is 2.55 bits per heavy atom. The number of hydrogen-bond donors (Lipinski definition) is 1. The molecule has 6 nitrogen and oxygen atoms in total. The Balaban J connectivity index is 1.42. The predicted octanol–water partition coefficient (Wildman–Crippen LogP) is 4.63. The Labute approximate surface area is 185 Å². The first-order chi connectivity index (χ1) is 15.1. The van der Waals surface area contributed by atoms with Crippen LogP contribution < -0.4 is 10.1 Å². The highest BCUT2D eigenvalue weighted by atomic mass is 32.1. The molecule has 1 aliphatic rings. The molecule has 0 spiro atoms. The van der Waals surface area contributed by atoms with E-state index in [0.717, 1.165) is 48.7 Å². The average molecular weight is 436 g/mol. The summed E-state index contributed by atoms with van der Waals surface area (Å²) in [7, 11) is 1.63. The van der Waals surface area contributed by atoms with Crippen molar-refractivity contribution in [2.45, 2.75) is 25.7 Å². The number of amides is 2. The maximum Gasteiger partial charge on any atom is 0.255 e. The topological polar surface area (TPSA) is 71.5 Å². The molecule has 0 bridgehead atoms. The lowest BCUT2D eigenvalue weighted by Crippen LogP contribution is -2.36. The number of ether oxygens (including phenoxy) is 1. The molecule has 160 valence electrons. The van der Waals surface area contributed by atoms with Gasteiger partial charge in [0.25, 0.3) is 5.91 Å². The van der Waals surface area contributed by atoms with Crippen LogP contribution in [0.5, 0.6) is 5.75 Å². The molecular weight excluding hydrogens is 410 g/mol. The van der Waals surface area contributed by atoms with E-state index in [4.69, 9.17) is 4.74 Å². The van der Waals surface area contributed by atoms with Crippen molar-refractivity contribution in [3.05, 3.63) is 65.2 Å². The van der Waals surface area contributed by atoms with Crippen LogP contribution in [0.2, 0.25) is 0 Å². The summed E-state index contributed by atoms with van der Waals surface area (Å²) in [5, 5.41) is 5.65. The van der Waals surface area contributed by atoms with Crippen molar-refractivity contribution in [1.82, 2.24) is 9.88 Å². The van der Waals surface area contributed by atoms with Crippen LogP contribution in [-0.2, 0) is 11.2 Å². The SMILES string of the molecule is COc1ccc(-c2nc(CC(=O)Nc3ccccc3C(=O)N3CCCCC3)cs2)cc1. The molecule has 1 saturated heterocycles. The summed E-state index contributed by atoms with van der Waals surface area (Å²) in [6.45, 7) is 1.54. The van der Waals surface area contributed by atoms with Crippen LogP contribution in [-0.4, -0.2) is 41.9 Å². The summed E-state index contributed by atoms with van der Waals surface area (Å²) < 4.78 is 5.19. The van der Waals surface area contributed by atoms with Crippen molar-refractivity contribution in [3.8, 4) is 16.3 Å². The molecule has 7 heteroatoms. The monoisotopic (exact) mass is 435 g/mol. The standard InChI is InChI=1S/C24H25N3O3S/c1-30-19-11-9-17(10-12-19)23-25-18(16-31-23)15-22(28)26-21-8-4-3-7-20(21)24(29)27-13-5-2-6-14-27/h3-4,7-12,16H,2,5-6,13-15H2,1H3,(H,26,28). The van der Waals surface area contributed by atoms with Crippen molar-refractivity contribution in [2.75, 3.05) is 25.5 Å². The number of nitrogens with zero attached hydrogens (tertiary/aromatic N) is 2. The number of para-hydroxylation sites is 1. The highest BCUT2D eigenvalue weighted by molar-refractivity contribution is 7.13. The smallest absolute Gasteiger partial charge is 0.255 e. The number of thiazole rings is 1. The molecule has 0 aliphatic carbocycles. The minimum atomic E-state index is -0.189. The number of rotatable bonds is 6. The fourth-order valence-corrected chi connectivity index (χ4v) is 4.49. The third kappa shape index (κ3) is 5.11. The zero-order valence-corrected chi connectivity index (χ0v) is 18.3. The van der Waals surface area contributed by atoms with Crippen molar-refractivity contribution in [2.24, 2.45) is 0 Å². The van der Waals surface area contributed by atoms with Crippen LogP contribution in [0, 0.1) is 0 Å². The number of carbonyl (C=O) groups excluding carboxylic acids is 2. The molecule has 0 atom stereocenters. The zero-order valence-electron chi connectivity index (χ0n) is 17.5.